The molecule has 21 heavy (non-hydrogen) atoms. The molecular formula is C16H27ClN4. The van der Waals surface area contributed by atoms with Crippen LogP contribution in [-0.2, 0) is 5.41 Å². The third-order valence-corrected chi connectivity index (χ3v) is 4.29. The minimum Gasteiger partial charge on any atom is -0.368 e. The molecule has 1 aliphatic rings. The van der Waals surface area contributed by atoms with Gasteiger partial charge in [-0.1, -0.05) is 38.8 Å². The van der Waals surface area contributed by atoms with Crippen molar-refractivity contribution in [3.8, 4) is 0 Å². The predicted octanol–water partition coefficient (Wildman–Crippen LogP) is 3.63. The summed E-state index contributed by atoms with van der Waals surface area (Å²) in [7, 11) is 0. The van der Waals surface area contributed by atoms with Crippen molar-refractivity contribution in [1.82, 2.24) is 14.9 Å². The van der Waals surface area contributed by atoms with Crippen molar-refractivity contribution in [3.05, 3.63) is 16.5 Å². The highest BCUT2D eigenvalue weighted by Gasteiger charge is 2.20. The van der Waals surface area contributed by atoms with E-state index in [2.05, 4.69) is 41.0 Å². The summed E-state index contributed by atoms with van der Waals surface area (Å²) in [4.78, 5) is 11.6. The fraction of sp³-hybridized carbons (Fsp3) is 0.750. The lowest BCUT2D eigenvalue weighted by atomic mass is 9.95. The lowest BCUT2D eigenvalue weighted by Gasteiger charge is -2.26. The van der Waals surface area contributed by atoms with Crippen LogP contribution in [0.1, 0.15) is 51.4 Å². The molecule has 0 amide bonds. The van der Waals surface area contributed by atoms with Crippen LogP contribution in [0, 0.1) is 6.92 Å². The first-order chi connectivity index (χ1) is 9.88. The molecule has 0 spiro atoms. The Hall–Kier alpha value is -0.870. The molecule has 1 fully saturated rings. The van der Waals surface area contributed by atoms with Crippen LogP contribution in [0.15, 0.2) is 0 Å². The number of anilines is 1. The van der Waals surface area contributed by atoms with Gasteiger partial charge in [0.25, 0.3) is 0 Å². The highest BCUT2D eigenvalue weighted by molar-refractivity contribution is 6.30. The van der Waals surface area contributed by atoms with E-state index in [9.17, 15) is 0 Å². The van der Waals surface area contributed by atoms with E-state index in [1.807, 2.05) is 6.92 Å². The zero-order valence-corrected chi connectivity index (χ0v) is 14.4. The van der Waals surface area contributed by atoms with Crippen molar-refractivity contribution in [2.24, 2.45) is 0 Å². The predicted molar refractivity (Wildman–Crippen MR) is 89.3 cm³/mol. The van der Waals surface area contributed by atoms with Crippen LogP contribution < -0.4 is 5.32 Å². The molecule has 1 N–H and O–H groups in total. The number of likely N-dealkylation sites (tertiary alicyclic amines) is 1. The molecule has 0 saturated carbocycles. The third kappa shape index (κ3) is 4.55. The van der Waals surface area contributed by atoms with E-state index in [-0.39, 0.29) is 5.41 Å². The Morgan fingerprint density at radius 3 is 2.43 bits per heavy atom. The summed E-state index contributed by atoms with van der Waals surface area (Å²) in [5, 5.41) is 3.99. The molecule has 1 aliphatic heterocycles. The van der Waals surface area contributed by atoms with Gasteiger partial charge in [-0.15, -0.1) is 0 Å². The van der Waals surface area contributed by atoms with Gasteiger partial charge in [0.2, 0.25) is 0 Å². The molecule has 118 valence electrons. The zero-order valence-electron chi connectivity index (χ0n) is 13.7. The van der Waals surface area contributed by atoms with Crippen LogP contribution in [0.2, 0.25) is 5.15 Å². The number of aromatic nitrogens is 2. The second-order valence-electron chi connectivity index (χ2n) is 6.89. The quantitative estimate of drug-likeness (QED) is 0.862. The lowest BCUT2D eigenvalue weighted by Crippen LogP contribution is -2.34. The fourth-order valence-electron chi connectivity index (χ4n) is 2.51. The molecule has 0 unspecified atom stereocenters. The standard InChI is InChI=1S/C16H27ClN4/c1-12-13(17)19-15(16(2,3)4)20-14(12)18-8-11-21-9-6-5-7-10-21/h5-11H2,1-4H3,(H,18,19,20). The number of nitrogens with zero attached hydrogens (tertiary/aromatic N) is 3. The van der Waals surface area contributed by atoms with E-state index < -0.39 is 0 Å². The Kier molecular flexibility index (Phi) is 5.44. The Morgan fingerprint density at radius 1 is 1.14 bits per heavy atom. The summed E-state index contributed by atoms with van der Waals surface area (Å²) >= 11 is 6.25. The molecule has 1 aromatic rings. The maximum Gasteiger partial charge on any atom is 0.137 e. The fourth-order valence-corrected chi connectivity index (χ4v) is 2.68. The Balaban J connectivity index is 2.00. The van der Waals surface area contributed by atoms with Crippen molar-refractivity contribution in [2.75, 3.05) is 31.5 Å². The minimum atomic E-state index is -0.0966. The van der Waals surface area contributed by atoms with Crippen LogP contribution in [0.3, 0.4) is 0 Å². The first-order valence-electron chi connectivity index (χ1n) is 7.89. The average Bonchev–Trinajstić information content (AvgIpc) is 2.43. The number of rotatable bonds is 4. The molecule has 0 radical (unpaired) electrons. The van der Waals surface area contributed by atoms with Gasteiger partial charge in [0.15, 0.2) is 0 Å². The lowest BCUT2D eigenvalue weighted by molar-refractivity contribution is 0.237. The maximum atomic E-state index is 6.25. The van der Waals surface area contributed by atoms with Crippen molar-refractivity contribution < 1.29 is 0 Å². The molecule has 0 aliphatic carbocycles. The van der Waals surface area contributed by atoms with E-state index in [0.717, 1.165) is 30.3 Å². The van der Waals surface area contributed by atoms with Crippen LogP contribution in [0.5, 0.6) is 0 Å². The van der Waals surface area contributed by atoms with Gasteiger partial charge in [-0.25, -0.2) is 9.97 Å². The number of nitrogens with one attached hydrogen (secondary N) is 1. The van der Waals surface area contributed by atoms with Gasteiger partial charge < -0.3 is 10.2 Å². The molecule has 1 aromatic heterocycles. The van der Waals surface area contributed by atoms with Gasteiger partial charge in [-0.2, -0.15) is 0 Å². The molecule has 0 atom stereocenters. The highest BCUT2D eigenvalue weighted by atomic mass is 35.5. The zero-order chi connectivity index (χ0) is 15.5. The molecular weight excluding hydrogens is 284 g/mol. The molecule has 2 heterocycles. The highest BCUT2D eigenvalue weighted by Crippen LogP contribution is 2.25. The molecule has 5 heteroatoms. The average molecular weight is 311 g/mol. The van der Waals surface area contributed by atoms with E-state index in [1.165, 1.54) is 32.4 Å². The first kappa shape index (κ1) is 16.5. The van der Waals surface area contributed by atoms with Crippen molar-refractivity contribution in [2.45, 2.75) is 52.4 Å². The van der Waals surface area contributed by atoms with Crippen molar-refractivity contribution >= 4 is 17.4 Å². The van der Waals surface area contributed by atoms with Crippen molar-refractivity contribution in [3.63, 3.8) is 0 Å². The van der Waals surface area contributed by atoms with Gasteiger partial charge in [0, 0.05) is 24.1 Å². The van der Waals surface area contributed by atoms with E-state index >= 15 is 0 Å². The monoisotopic (exact) mass is 310 g/mol. The van der Waals surface area contributed by atoms with E-state index in [1.54, 1.807) is 0 Å². The van der Waals surface area contributed by atoms with Gasteiger partial charge >= 0.3 is 0 Å². The van der Waals surface area contributed by atoms with Crippen LogP contribution >= 0.6 is 11.6 Å². The topological polar surface area (TPSA) is 41.1 Å². The SMILES string of the molecule is Cc1c(Cl)nc(C(C)(C)C)nc1NCCN1CCCCC1. The second kappa shape index (κ2) is 6.93. The normalized spacial score (nSPS) is 17.0. The molecule has 1 saturated heterocycles. The van der Waals surface area contributed by atoms with Gasteiger partial charge in [-0.05, 0) is 32.9 Å². The maximum absolute atomic E-state index is 6.25. The summed E-state index contributed by atoms with van der Waals surface area (Å²) in [5.74, 6) is 1.66. The summed E-state index contributed by atoms with van der Waals surface area (Å²) in [6.07, 6.45) is 4.03. The number of piperidine rings is 1. The summed E-state index contributed by atoms with van der Waals surface area (Å²) in [6, 6.07) is 0. The Labute approximate surface area is 133 Å². The van der Waals surface area contributed by atoms with Crippen LogP contribution in [0.25, 0.3) is 0 Å². The molecule has 4 nitrogen and oxygen atoms in total. The van der Waals surface area contributed by atoms with Gasteiger partial charge in [0.1, 0.15) is 16.8 Å². The number of hydrogen-bond donors (Lipinski definition) is 1. The van der Waals surface area contributed by atoms with Crippen LogP contribution in [-0.4, -0.2) is 41.0 Å². The molecule has 0 aromatic carbocycles. The molecule has 2 rings (SSSR count). The van der Waals surface area contributed by atoms with Crippen LogP contribution in [0.4, 0.5) is 5.82 Å². The Bertz CT molecular complexity index is 476. The largest absolute Gasteiger partial charge is 0.368 e. The summed E-state index contributed by atoms with van der Waals surface area (Å²) < 4.78 is 0. The molecule has 0 bridgehead atoms. The second-order valence-corrected chi connectivity index (χ2v) is 7.25. The first-order valence-corrected chi connectivity index (χ1v) is 8.26. The van der Waals surface area contributed by atoms with Gasteiger partial charge in [-0.3, -0.25) is 0 Å². The summed E-state index contributed by atoms with van der Waals surface area (Å²) in [5.41, 5.74) is 0.837. The van der Waals surface area contributed by atoms with E-state index in [0.29, 0.717) is 5.15 Å². The third-order valence-electron chi connectivity index (χ3n) is 3.93. The Morgan fingerprint density at radius 2 is 1.81 bits per heavy atom. The van der Waals surface area contributed by atoms with Gasteiger partial charge in [0.05, 0.1) is 0 Å². The van der Waals surface area contributed by atoms with E-state index in [4.69, 9.17) is 11.6 Å². The smallest absolute Gasteiger partial charge is 0.137 e. The minimum absolute atomic E-state index is 0.0966. The number of hydrogen-bond acceptors (Lipinski definition) is 4. The number of halogens is 1. The summed E-state index contributed by atoms with van der Waals surface area (Å²) in [6.45, 7) is 12.7. The van der Waals surface area contributed by atoms with Crippen molar-refractivity contribution in [1.29, 1.82) is 0 Å².